The summed E-state index contributed by atoms with van der Waals surface area (Å²) >= 11 is 0.388. The summed E-state index contributed by atoms with van der Waals surface area (Å²) in [5.74, 6) is -1.52. The van der Waals surface area contributed by atoms with Crippen LogP contribution in [0.15, 0.2) is 42.0 Å². The molecular weight excluding hydrogens is 353 g/mol. The minimum absolute atomic E-state index is 0.0145. The third kappa shape index (κ3) is 3.11. The molecule has 0 bridgehead atoms. The van der Waals surface area contributed by atoms with E-state index in [1.54, 1.807) is 37.3 Å². The van der Waals surface area contributed by atoms with Crippen LogP contribution in [0.2, 0.25) is 0 Å². The first-order valence-electron chi connectivity index (χ1n) is 7.54. The van der Waals surface area contributed by atoms with Crippen molar-refractivity contribution in [1.29, 1.82) is 0 Å². The molecule has 0 unspecified atom stereocenters. The Kier molecular flexibility index (Phi) is 4.51. The van der Waals surface area contributed by atoms with Gasteiger partial charge in [-0.05, 0) is 24.5 Å². The molecule has 2 aromatic rings. The lowest BCUT2D eigenvalue weighted by molar-refractivity contribution is -0.138. The van der Waals surface area contributed by atoms with Crippen LogP contribution in [0.4, 0.5) is 13.2 Å². The summed E-state index contributed by atoms with van der Waals surface area (Å²) in [6.07, 6.45) is -3.16. The minimum Gasteiger partial charge on any atom is -0.462 e. The van der Waals surface area contributed by atoms with Crippen molar-refractivity contribution in [2.75, 3.05) is 6.61 Å². The van der Waals surface area contributed by atoms with Gasteiger partial charge in [-0.15, -0.1) is 11.3 Å². The van der Waals surface area contributed by atoms with Crippen molar-refractivity contribution in [3.63, 3.8) is 0 Å². The van der Waals surface area contributed by atoms with E-state index in [2.05, 4.69) is 0 Å². The van der Waals surface area contributed by atoms with Gasteiger partial charge in [-0.25, -0.2) is 4.79 Å². The van der Waals surface area contributed by atoms with Gasteiger partial charge in [0.15, 0.2) is 0 Å². The van der Waals surface area contributed by atoms with Gasteiger partial charge >= 0.3 is 12.1 Å². The van der Waals surface area contributed by atoms with Gasteiger partial charge in [-0.3, -0.25) is 4.79 Å². The first kappa shape index (κ1) is 17.4. The molecule has 1 aliphatic carbocycles. The summed E-state index contributed by atoms with van der Waals surface area (Å²) in [6.45, 7) is 1.68. The lowest BCUT2D eigenvalue weighted by Gasteiger charge is -2.13. The number of thiophene rings is 1. The average Bonchev–Trinajstić information content (AvgIpc) is 2.97. The van der Waals surface area contributed by atoms with Crippen LogP contribution >= 0.6 is 11.3 Å². The molecule has 3 nitrogen and oxygen atoms in total. The molecule has 0 saturated carbocycles. The Morgan fingerprint density at radius 2 is 1.92 bits per heavy atom. The molecule has 0 radical (unpaired) electrons. The average molecular weight is 366 g/mol. The minimum atomic E-state index is -4.59. The number of fused-ring (bicyclic) bond motifs is 1. The summed E-state index contributed by atoms with van der Waals surface area (Å²) in [7, 11) is 0. The van der Waals surface area contributed by atoms with Crippen molar-refractivity contribution in [2.24, 2.45) is 0 Å². The summed E-state index contributed by atoms with van der Waals surface area (Å²) in [5.41, 5.74) is 0.513. The van der Waals surface area contributed by atoms with Gasteiger partial charge in [0.25, 0.3) is 0 Å². The van der Waals surface area contributed by atoms with Gasteiger partial charge < -0.3 is 4.74 Å². The highest BCUT2D eigenvalue weighted by Gasteiger charge is 2.41. The molecule has 1 aliphatic rings. The molecule has 0 aliphatic heterocycles. The van der Waals surface area contributed by atoms with Crippen molar-refractivity contribution in [3.8, 4) is 11.1 Å². The van der Waals surface area contributed by atoms with Gasteiger partial charge in [0.1, 0.15) is 10.5 Å². The zero-order valence-electron chi connectivity index (χ0n) is 13.1. The molecule has 3 rings (SSSR count). The number of carbonyl (C=O) groups is 2. The van der Waals surface area contributed by atoms with Crippen molar-refractivity contribution in [2.45, 2.75) is 19.5 Å². The molecule has 0 atom stereocenters. The van der Waals surface area contributed by atoms with Crippen LogP contribution in [0.25, 0.3) is 11.1 Å². The van der Waals surface area contributed by atoms with Gasteiger partial charge in [0.2, 0.25) is 5.78 Å². The molecular formula is C18H13F3O3S. The number of carbonyl (C=O) groups excluding carboxylic acids is 2. The largest absolute Gasteiger partial charge is 0.462 e. The second-order valence-corrected chi connectivity index (χ2v) is 6.37. The number of hydrogen-bond donors (Lipinski definition) is 0. The van der Waals surface area contributed by atoms with E-state index in [1.807, 2.05) is 0 Å². The highest BCUT2D eigenvalue weighted by molar-refractivity contribution is 7.15. The Morgan fingerprint density at radius 3 is 2.52 bits per heavy atom. The molecule has 1 aromatic heterocycles. The Hall–Kier alpha value is -2.41. The first-order chi connectivity index (χ1) is 11.8. The summed E-state index contributed by atoms with van der Waals surface area (Å²) in [4.78, 5) is 23.5. The molecule has 0 fully saturated rings. The van der Waals surface area contributed by atoms with Gasteiger partial charge in [-0.1, -0.05) is 36.4 Å². The number of halogens is 3. The second-order valence-electron chi connectivity index (χ2n) is 5.35. The number of ketones is 1. The molecule has 25 heavy (non-hydrogen) atoms. The summed E-state index contributed by atoms with van der Waals surface area (Å²) in [5, 5.41) is 0. The third-order valence-corrected chi connectivity index (χ3v) is 5.06. The zero-order valence-corrected chi connectivity index (χ0v) is 14.0. The second kappa shape index (κ2) is 6.48. The molecule has 1 aromatic carbocycles. The van der Waals surface area contributed by atoms with Crippen LogP contribution in [0.3, 0.4) is 0 Å². The number of benzene rings is 1. The smallest absolute Gasteiger partial charge is 0.426 e. The number of Topliss-reactive ketones (excluding diaryl/α,β-unsaturated/α-hetero) is 1. The fraction of sp³-hybridized carbons (Fsp3) is 0.222. The van der Waals surface area contributed by atoms with Crippen LogP contribution in [0.5, 0.6) is 0 Å². The molecule has 130 valence electrons. The predicted octanol–water partition coefficient (Wildman–Crippen LogP) is 4.66. The maximum absolute atomic E-state index is 13.5. The molecule has 1 heterocycles. The van der Waals surface area contributed by atoms with Gasteiger partial charge in [-0.2, -0.15) is 13.2 Å². The number of esters is 1. The van der Waals surface area contributed by atoms with E-state index in [-0.39, 0.29) is 29.0 Å². The Morgan fingerprint density at radius 1 is 1.24 bits per heavy atom. The zero-order chi connectivity index (χ0) is 18.2. The van der Waals surface area contributed by atoms with Gasteiger partial charge in [0, 0.05) is 5.56 Å². The lowest BCUT2D eigenvalue weighted by Crippen LogP contribution is -2.19. The highest BCUT2D eigenvalue weighted by Crippen LogP contribution is 2.47. The normalized spacial score (nSPS) is 14.1. The number of rotatable bonds is 3. The fourth-order valence-corrected chi connectivity index (χ4v) is 3.93. The van der Waals surface area contributed by atoms with Crippen LogP contribution in [0.1, 0.15) is 27.0 Å². The van der Waals surface area contributed by atoms with Crippen molar-refractivity contribution in [3.05, 3.63) is 57.3 Å². The Bertz CT molecular complexity index is 864. The quantitative estimate of drug-likeness (QED) is 0.586. The topological polar surface area (TPSA) is 43.4 Å². The maximum atomic E-state index is 13.5. The summed E-state index contributed by atoms with van der Waals surface area (Å²) < 4.78 is 45.4. The van der Waals surface area contributed by atoms with Crippen LogP contribution in [0, 0.1) is 0 Å². The van der Waals surface area contributed by atoms with Crippen molar-refractivity contribution >= 4 is 23.1 Å². The van der Waals surface area contributed by atoms with Gasteiger partial charge in [0.05, 0.1) is 11.5 Å². The lowest BCUT2D eigenvalue weighted by atomic mass is 9.91. The SMILES string of the molecule is CCOC(=O)C1=CCc2c(sc(C(F)(F)F)c2-c2ccccc2)C1=O. The van der Waals surface area contributed by atoms with E-state index >= 15 is 0 Å². The Balaban J connectivity index is 2.15. The molecule has 0 saturated heterocycles. The highest BCUT2D eigenvalue weighted by atomic mass is 32.1. The number of hydrogen-bond acceptors (Lipinski definition) is 4. The van der Waals surface area contributed by atoms with E-state index in [9.17, 15) is 22.8 Å². The van der Waals surface area contributed by atoms with Crippen LogP contribution in [-0.4, -0.2) is 18.4 Å². The van der Waals surface area contributed by atoms with Crippen molar-refractivity contribution in [1.82, 2.24) is 0 Å². The molecule has 0 spiro atoms. The van der Waals surface area contributed by atoms with E-state index in [0.29, 0.717) is 22.5 Å². The van der Waals surface area contributed by atoms with E-state index in [0.717, 1.165) is 0 Å². The number of alkyl halides is 3. The van der Waals surface area contributed by atoms with Crippen LogP contribution < -0.4 is 0 Å². The standard InChI is InChI=1S/C18H13F3O3S/c1-2-24-17(23)12-9-8-11-13(10-6-4-3-5-7-10)16(18(19,20)21)25-15(11)14(12)22/h3-7,9H,2,8H2,1H3. The van der Waals surface area contributed by atoms with E-state index < -0.39 is 22.8 Å². The fourth-order valence-electron chi connectivity index (χ4n) is 2.76. The first-order valence-corrected chi connectivity index (χ1v) is 8.36. The Labute approximate surface area is 145 Å². The molecule has 7 heteroatoms. The summed E-state index contributed by atoms with van der Waals surface area (Å²) in [6, 6.07) is 8.15. The van der Waals surface area contributed by atoms with Crippen molar-refractivity contribution < 1.29 is 27.5 Å². The number of allylic oxidation sites excluding steroid dienone is 1. The maximum Gasteiger partial charge on any atom is 0.426 e. The van der Waals surface area contributed by atoms with Crippen LogP contribution in [-0.2, 0) is 22.1 Å². The third-order valence-electron chi connectivity index (χ3n) is 3.78. The molecule has 0 N–H and O–H groups in total. The monoisotopic (exact) mass is 366 g/mol. The predicted molar refractivity (Wildman–Crippen MR) is 87.5 cm³/mol. The van der Waals surface area contributed by atoms with E-state index in [4.69, 9.17) is 4.74 Å². The van der Waals surface area contributed by atoms with E-state index in [1.165, 1.54) is 6.08 Å². The molecule has 0 amide bonds. The number of ether oxygens (including phenoxy) is 1.